The lowest BCUT2D eigenvalue weighted by Crippen LogP contribution is -1.97. The summed E-state index contributed by atoms with van der Waals surface area (Å²) >= 11 is 6.55. The molecule has 0 saturated carbocycles. The van der Waals surface area contributed by atoms with Crippen molar-refractivity contribution in [2.45, 2.75) is 6.54 Å². The summed E-state index contributed by atoms with van der Waals surface area (Å²) in [5.74, 6) is 0. The molecule has 0 unspecified atom stereocenters. The fourth-order valence-electron chi connectivity index (χ4n) is 3.59. The number of halogens is 1. The molecule has 3 aromatic carbocycles. The molecule has 0 amide bonds. The molecule has 2 nitrogen and oxygen atoms in total. The number of hydrogen-bond acceptors (Lipinski definition) is 0. The topological polar surface area (TPSA) is 20.7 Å². The number of hydrogen-bond donors (Lipinski definition) is 1. The largest absolute Gasteiger partial charge is 0.354 e. The molecule has 3 heteroatoms. The van der Waals surface area contributed by atoms with Crippen molar-refractivity contribution >= 4 is 44.3 Å². The van der Waals surface area contributed by atoms with Crippen LogP contribution in [0.15, 0.2) is 72.9 Å². The Bertz CT molecular complexity index is 1180. The van der Waals surface area contributed by atoms with Crippen molar-refractivity contribution in [3.05, 3.63) is 83.5 Å². The van der Waals surface area contributed by atoms with Crippen molar-refractivity contribution in [1.82, 2.24) is 9.55 Å². The fourth-order valence-corrected chi connectivity index (χ4v) is 3.85. The molecule has 0 fully saturated rings. The molecule has 1 N–H and O–H groups in total. The van der Waals surface area contributed by atoms with Crippen LogP contribution >= 0.6 is 11.6 Å². The van der Waals surface area contributed by atoms with Crippen LogP contribution in [0.1, 0.15) is 5.56 Å². The van der Waals surface area contributed by atoms with Crippen LogP contribution in [-0.4, -0.2) is 9.55 Å². The van der Waals surface area contributed by atoms with Gasteiger partial charge in [-0.25, -0.2) is 0 Å². The third-order valence-corrected chi connectivity index (χ3v) is 4.97. The first-order valence-corrected chi connectivity index (χ1v) is 8.41. The summed E-state index contributed by atoms with van der Waals surface area (Å²) in [6, 6.07) is 23.1. The van der Waals surface area contributed by atoms with Crippen molar-refractivity contribution in [2.75, 3.05) is 0 Å². The molecular weight excluding hydrogens is 316 g/mol. The molecule has 0 aliphatic rings. The van der Waals surface area contributed by atoms with Gasteiger partial charge in [0.2, 0.25) is 0 Å². The molecule has 0 atom stereocenters. The molecule has 0 saturated heterocycles. The van der Waals surface area contributed by atoms with E-state index < -0.39 is 0 Å². The van der Waals surface area contributed by atoms with Crippen molar-refractivity contribution in [3.8, 4) is 0 Å². The van der Waals surface area contributed by atoms with Crippen LogP contribution in [0, 0.1) is 0 Å². The molecule has 5 aromatic rings. The van der Waals surface area contributed by atoms with Crippen molar-refractivity contribution in [3.63, 3.8) is 0 Å². The quantitative estimate of drug-likeness (QED) is 0.411. The van der Waals surface area contributed by atoms with Gasteiger partial charge in [-0.3, -0.25) is 0 Å². The van der Waals surface area contributed by atoms with E-state index in [9.17, 15) is 0 Å². The summed E-state index contributed by atoms with van der Waals surface area (Å²) in [7, 11) is 0. The highest BCUT2D eigenvalue weighted by molar-refractivity contribution is 6.38. The normalized spacial score (nSPS) is 11.7. The maximum Gasteiger partial charge on any atom is 0.0600 e. The van der Waals surface area contributed by atoms with E-state index >= 15 is 0 Å². The molecule has 5 rings (SSSR count). The number of benzene rings is 3. The molecule has 0 radical (unpaired) electrons. The fraction of sp³-hybridized carbons (Fsp3) is 0.0476. The van der Waals surface area contributed by atoms with Crippen LogP contribution in [0.2, 0.25) is 5.02 Å². The number of fused-ring (bicyclic) bond motifs is 5. The number of H-pyrrole nitrogens is 1. The standard InChI is InChI=1S/C21H15ClN2/c22-17-12-19-20(16-8-4-5-9-18(16)23-19)21-15(17)10-11-24(21)13-14-6-2-1-3-7-14/h1-12,23H,13H2. The molecule has 0 spiro atoms. The van der Waals surface area contributed by atoms with E-state index in [4.69, 9.17) is 11.6 Å². The Balaban J connectivity index is 1.87. The molecule has 2 aromatic heterocycles. The molecule has 116 valence electrons. The van der Waals surface area contributed by atoms with E-state index in [-0.39, 0.29) is 0 Å². The molecule has 0 aliphatic heterocycles. The highest BCUT2D eigenvalue weighted by Gasteiger charge is 2.14. The maximum atomic E-state index is 6.55. The van der Waals surface area contributed by atoms with E-state index in [1.54, 1.807) is 0 Å². The van der Waals surface area contributed by atoms with Crippen molar-refractivity contribution in [1.29, 1.82) is 0 Å². The predicted molar refractivity (Wildman–Crippen MR) is 102 cm³/mol. The first kappa shape index (κ1) is 13.7. The lowest BCUT2D eigenvalue weighted by molar-refractivity contribution is 0.839. The molecular formula is C21H15ClN2. The first-order chi connectivity index (χ1) is 11.8. The zero-order valence-corrected chi connectivity index (χ0v) is 13.7. The Morgan fingerprint density at radius 1 is 0.833 bits per heavy atom. The van der Waals surface area contributed by atoms with Gasteiger partial charge in [0.1, 0.15) is 0 Å². The van der Waals surface area contributed by atoms with E-state index in [1.807, 2.05) is 12.1 Å². The second-order valence-corrected chi connectivity index (χ2v) is 6.55. The lowest BCUT2D eigenvalue weighted by atomic mass is 10.1. The Morgan fingerprint density at radius 3 is 2.50 bits per heavy atom. The van der Waals surface area contributed by atoms with Gasteiger partial charge in [0.15, 0.2) is 0 Å². The van der Waals surface area contributed by atoms with Crippen molar-refractivity contribution in [2.24, 2.45) is 0 Å². The summed E-state index contributed by atoms with van der Waals surface area (Å²) in [5.41, 5.74) is 4.70. The maximum absolute atomic E-state index is 6.55. The van der Waals surface area contributed by atoms with Crippen LogP contribution in [-0.2, 0) is 6.54 Å². The number of nitrogens with one attached hydrogen (secondary N) is 1. The monoisotopic (exact) mass is 330 g/mol. The van der Waals surface area contributed by atoms with Crippen LogP contribution in [0.3, 0.4) is 0 Å². The van der Waals surface area contributed by atoms with E-state index in [1.165, 1.54) is 21.9 Å². The van der Waals surface area contributed by atoms with Crippen LogP contribution < -0.4 is 0 Å². The van der Waals surface area contributed by atoms with Gasteiger partial charge >= 0.3 is 0 Å². The summed E-state index contributed by atoms with van der Waals surface area (Å²) in [4.78, 5) is 3.49. The SMILES string of the molecule is Clc1cc2[nH]c3ccccc3c2c2c1ccn2Cc1ccccc1. The van der Waals surface area contributed by atoms with Crippen LogP contribution in [0.5, 0.6) is 0 Å². The van der Waals surface area contributed by atoms with E-state index in [0.29, 0.717) is 0 Å². The predicted octanol–water partition coefficient (Wildman–Crippen LogP) is 5.98. The minimum Gasteiger partial charge on any atom is -0.354 e. The van der Waals surface area contributed by atoms with Gasteiger partial charge in [0.05, 0.1) is 16.1 Å². The number of nitrogens with zero attached hydrogens (tertiary/aromatic N) is 1. The van der Waals surface area contributed by atoms with Gasteiger partial charge in [0, 0.05) is 34.4 Å². The number of aromatic nitrogens is 2. The summed E-state index contributed by atoms with van der Waals surface area (Å²) in [6.45, 7) is 0.833. The zero-order chi connectivity index (χ0) is 16.1. The molecule has 24 heavy (non-hydrogen) atoms. The van der Waals surface area contributed by atoms with Crippen LogP contribution in [0.25, 0.3) is 32.7 Å². The Hall–Kier alpha value is -2.71. The van der Waals surface area contributed by atoms with E-state index in [0.717, 1.165) is 28.0 Å². The Morgan fingerprint density at radius 2 is 1.62 bits per heavy atom. The van der Waals surface area contributed by atoms with Gasteiger partial charge in [-0.2, -0.15) is 0 Å². The summed E-state index contributed by atoms with van der Waals surface area (Å²) in [5, 5.41) is 4.37. The van der Waals surface area contributed by atoms with Crippen LogP contribution in [0.4, 0.5) is 0 Å². The number of para-hydroxylation sites is 1. The zero-order valence-electron chi connectivity index (χ0n) is 13.0. The second kappa shape index (κ2) is 5.15. The Kier molecular flexibility index (Phi) is 2.94. The van der Waals surface area contributed by atoms with Gasteiger partial charge in [-0.05, 0) is 23.8 Å². The smallest absolute Gasteiger partial charge is 0.0600 e. The first-order valence-electron chi connectivity index (χ1n) is 8.03. The second-order valence-electron chi connectivity index (χ2n) is 6.14. The van der Waals surface area contributed by atoms with Gasteiger partial charge in [-0.1, -0.05) is 60.1 Å². The average molecular weight is 331 g/mol. The minimum absolute atomic E-state index is 0.788. The highest BCUT2D eigenvalue weighted by atomic mass is 35.5. The van der Waals surface area contributed by atoms with Gasteiger partial charge in [-0.15, -0.1) is 0 Å². The van der Waals surface area contributed by atoms with Crippen molar-refractivity contribution < 1.29 is 0 Å². The molecule has 0 aliphatic carbocycles. The number of rotatable bonds is 2. The van der Waals surface area contributed by atoms with E-state index in [2.05, 4.69) is 70.3 Å². The molecule has 2 heterocycles. The summed E-state index contributed by atoms with van der Waals surface area (Å²) in [6.07, 6.45) is 2.13. The molecule has 0 bridgehead atoms. The third-order valence-electron chi connectivity index (χ3n) is 4.66. The average Bonchev–Trinajstić information content (AvgIpc) is 3.17. The lowest BCUT2D eigenvalue weighted by Gasteiger charge is -2.08. The number of aromatic amines is 1. The Labute approximate surface area is 144 Å². The van der Waals surface area contributed by atoms with Gasteiger partial charge in [0.25, 0.3) is 0 Å². The minimum atomic E-state index is 0.788. The highest BCUT2D eigenvalue weighted by Crippen LogP contribution is 2.37. The summed E-state index contributed by atoms with van der Waals surface area (Å²) < 4.78 is 2.29. The third kappa shape index (κ3) is 1.97. The van der Waals surface area contributed by atoms with Gasteiger partial charge < -0.3 is 9.55 Å².